The third kappa shape index (κ3) is 3.64. The molecule has 0 bridgehead atoms. The molecule has 0 aromatic carbocycles. The van der Waals surface area contributed by atoms with Crippen LogP contribution in [0.25, 0.3) is 0 Å². The van der Waals surface area contributed by atoms with E-state index in [0.29, 0.717) is 30.8 Å². The maximum absolute atomic E-state index is 11.8. The Bertz CT molecular complexity index is 742. The highest BCUT2D eigenvalue weighted by Gasteiger charge is 2.25. The minimum Gasteiger partial charge on any atom is -0.262 e. The van der Waals surface area contributed by atoms with Gasteiger partial charge in [-0.05, 0) is 40.9 Å². The molecule has 0 aliphatic heterocycles. The van der Waals surface area contributed by atoms with Gasteiger partial charge in [0.05, 0.1) is 23.6 Å². The Morgan fingerprint density at radius 1 is 1.29 bits per heavy atom. The van der Waals surface area contributed by atoms with Gasteiger partial charge in [-0.15, -0.1) is 0 Å². The molecule has 0 N–H and O–H groups in total. The second-order valence-electron chi connectivity index (χ2n) is 4.49. The molecule has 2 rings (SSSR count). The maximum atomic E-state index is 11.8. The van der Waals surface area contributed by atoms with Crippen molar-refractivity contribution in [2.75, 3.05) is 0 Å². The number of hydrogen-bond acceptors (Lipinski definition) is 4. The van der Waals surface area contributed by atoms with Crippen molar-refractivity contribution >= 4 is 35.7 Å². The molecule has 2 aromatic heterocycles. The van der Waals surface area contributed by atoms with Crippen LogP contribution in [-0.2, 0) is 28.4 Å². The summed E-state index contributed by atoms with van der Waals surface area (Å²) in [6, 6.07) is 3.75. The number of aromatic nitrogens is 3. The van der Waals surface area contributed by atoms with E-state index in [2.05, 4.69) is 26.0 Å². The Labute approximate surface area is 136 Å². The molecule has 0 spiro atoms. The average molecular weight is 393 g/mol. The van der Waals surface area contributed by atoms with E-state index in [9.17, 15) is 8.42 Å². The summed E-state index contributed by atoms with van der Waals surface area (Å²) in [4.78, 5) is 4.43. The molecular formula is C13H15BrClN3O2S. The van der Waals surface area contributed by atoms with Crippen molar-refractivity contribution in [3.8, 4) is 0 Å². The molecule has 2 aromatic rings. The molecule has 0 amide bonds. The first-order chi connectivity index (χ1) is 9.86. The highest BCUT2D eigenvalue weighted by molar-refractivity contribution is 9.10. The molecule has 0 radical (unpaired) electrons. The molecule has 0 saturated carbocycles. The monoisotopic (exact) mass is 391 g/mol. The predicted molar refractivity (Wildman–Crippen MR) is 85.1 cm³/mol. The van der Waals surface area contributed by atoms with Gasteiger partial charge < -0.3 is 0 Å². The van der Waals surface area contributed by atoms with Crippen LogP contribution >= 0.6 is 26.6 Å². The van der Waals surface area contributed by atoms with Gasteiger partial charge in [0.15, 0.2) is 0 Å². The summed E-state index contributed by atoms with van der Waals surface area (Å²) in [5.41, 5.74) is 1.92. The normalized spacial score (nSPS) is 11.8. The number of pyridine rings is 1. The molecule has 0 atom stereocenters. The van der Waals surface area contributed by atoms with E-state index >= 15 is 0 Å². The lowest BCUT2D eigenvalue weighted by Gasteiger charge is -2.06. The molecule has 8 heteroatoms. The quantitative estimate of drug-likeness (QED) is 0.733. The molecule has 0 aliphatic rings. The molecule has 0 fully saturated rings. The highest BCUT2D eigenvalue weighted by Crippen LogP contribution is 2.26. The molecule has 0 aliphatic carbocycles. The fourth-order valence-electron chi connectivity index (χ4n) is 2.18. The Balaban J connectivity index is 2.49. The van der Waals surface area contributed by atoms with Crippen molar-refractivity contribution in [2.45, 2.75) is 38.1 Å². The van der Waals surface area contributed by atoms with Crippen molar-refractivity contribution in [1.29, 1.82) is 0 Å². The fraction of sp³-hybridized carbons (Fsp3) is 0.385. The molecule has 114 valence electrons. The van der Waals surface area contributed by atoms with Gasteiger partial charge in [0.2, 0.25) is 0 Å². The molecular weight excluding hydrogens is 378 g/mol. The first-order valence-corrected chi connectivity index (χ1v) is 9.60. The topological polar surface area (TPSA) is 64.8 Å². The number of rotatable bonds is 5. The fourth-order valence-corrected chi connectivity index (χ4v) is 3.94. The van der Waals surface area contributed by atoms with Crippen LogP contribution in [0.5, 0.6) is 0 Å². The van der Waals surface area contributed by atoms with Crippen molar-refractivity contribution in [2.24, 2.45) is 0 Å². The number of nitrogens with zero attached hydrogens (tertiary/aromatic N) is 3. The van der Waals surface area contributed by atoms with Crippen molar-refractivity contribution < 1.29 is 8.42 Å². The SMILES string of the molecule is CCc1nn(Cc2ccc(Br)cn2)c(CC)c1S(=O)(=O)Cl. The van der Waals surface area contributed by atoms with Crippen LogP contribution in [-0.4, -0.2) is 23.2 Å². The summed E-state index contributed by atoms with van der Waals surface area (Å²) >= 11 is 3.33. The average Bonchev–Trinajstić information content (AvgIpc) is 2.79. The zero-order valence-electron chi connectivity index (χ0n) is 11.7. The van der Waals surface area contributed by atoms with Crippen LogP contribution in [0, 0.1) is 0 Å². The van der Waals surface area contributed by atoms with Gasteiger partial charge in [-0.3, -0.25) is 9.67 Å². The van der Waals surface area contributed by atoms with E-state index in [1.54, 1.807) is 10.9 Å². The number of hydrogen-bond donors (Lipinski definition) is 0. The predicted octanol–water partition coefficient (Wildman–Crippen LogP) is 3.14. The zero-order chi connectivity index (χ0) is 15.6. The van der Waals surface area contributed by atoms with E-state index in [1.807, 2.05) is 26.0 Å². The third-order valence-electron chi connectivity index (χ3n) is 3.09. The van der Waals surface area contributed by atoms with Gasteiger partial charge in [-0.2, -0.15) is 5.10 Å². The Morgan fingerprint density at radius 2 is 2.00 bits per heavy atom. The maximum Gasteiger partial charge on any atom is 0.264 e. The second kappa shape index (κ2) is 6.46. The van der Waals surface area contributed by atoms with Crippen LogP contribution in [0.15, 0.2) is 27.7 Å². The van der Waals surface area contributed by atoms with Gasteiger partial charge in [0.25, 0.3) is 9.05 Å². The molecule has 21 heavy (non-hydrogen) atoms. The molecule has 2 heterocycles. The van der Waals surface area contributed by atoms with Crippen LogP contribution in [0.4, 0.5) is 0 Å². The van der Waals surface area contributed by atoms with Gasteiger partial charge >= 0.3 is 0 Å². The zero-order valence-corrected chi connectivity index (χ0v) is 14.8. The first kappa shape index (κ1) is 16.5. The van der Waals surface area contributed by atoms with E-state index in [4.69, 9.17) is 10.7 Å². The van der Waals surface area contributed by atoms with E-state index in [-0.39, 0.29) is 4.90 Å². The summed E-state index contributed by atoms with van der Waals surface area (Å²) in [7, 11) is 1.76. The van der Waals surface area contributed by atoms with Crippen LogP contribution < -0.4 is 0 Å². The lowest BCUT2D eigenvalue weighted by Crippen LogP contribution is -2.08. The van der Waals surface area contributed by atoms with E-state index < -0.39 is 9.05 Å². The standard InChI is InChI=1S/C13H15BrClN3O2S/c1-3-11-13(21(15,19)20)12(4-2)18(17-11)8-10-6-5-9(14)7-16-10/h5-7H,3-4,8H2,1-2H3. The third-order valence-corrected chi connectivity index (χ3v) is 4.98. The largest absolute Gasteiger partial charge is 0.264 e. The second-order valence-corrected chi connectivity index (χ2v) is 7.91. The van der Waals surface area contributed by atoms with Crippen LogP contribution in [0.1, 0.15) is 30.9 Å². The minimum atomic E-state index is -3.81. The Kier molecular flexibility index (Phi) is 5.06. The van der Waals surface area contributed by atoms with Gasteiger partial charge in [0, 0.05) is 21.4 Å². The molecule has 0 saturated heterocycles. The first-order valence-electron chi connectivity index (χ1n) is 6.50. The van der Waals surface area contributed by atoms with Crippen LogP contribution in [0.3, 0.4) is 0 Å². The summed E-state index contributed by atoms with van der Waals surface area (Å²) < 4.78 is 26.1. The summed E-state index contributed by atoms with van der Waals surface area (Å²) in [6.07, 6.45) is 2.74. The van der Waals surface area contributed by atoms with Crippen LogP contribution in [0.2, 0.25) is 0 Å². The summed E-state index contributed by atoms with van der Waals surface area (Å²) in [5, 5.41) is 4.38. The molecule has 5 nitrogen and oxygen atoms in total. The summed E-state index contributed by atoms with van der Waals surface area (Å²) in [6.45, 7) is 4.15. The van der Waals surface area contributed by atoms with Crippen molar-refractivity contribution in [1.82, 2.24) is 14.8 Å². The van der Waals surface area contributed by atoms with Crippen molar-refractivity contribution in [3.63, 3.8) is 0 Å². The Hall–Kier alpha value is -0.920. The highest BCUT2D eigenvalue weighted by atomic mass is 79.9. The number of halogens is 2. The lowest BCUT2D eigenvalue weighted by atomic mass is 10.2. The number of aryl methyl sites for hydroxylation is 1. The summed E-state index contributed by atoms with van der Waals surface area (Å²) in [5.74, 6) is 0. The molecule has 0 unspecified atom stereocenters. The Morgan fingerprint density at radius 3 is 2.48 bits per heavy atom. The van der Waals surface area contributed by atoms with E-state index in [0.717, 1.165) is 10.2 Å². The minimum absolute atomic E-state index is 0.145. The van der Waals surface area contributed by atoms with Crippen molar-refractivity contribution in [3.05, 3.63) is 39.9 Å². The van der Waals surface area contributed by atoms with E-state index in [1.165, 1.54) is 0 Å². The smallest absolute Gasteiger partial charge is 0.262 e. The van der Waals surface area contributed by atoms with Gasteiger partial charge in [-0.1, -0.05) is 13.8 Å². The van der Waals surface area contributed by atoms with Gasteiger partial charge in [0.1, 0.15) is 4.90 Å². The lowest BCUT2D eigenvalue weighted by molar-refractivity contribution is 0.604. The van der Waals surface area contributed by atoms with Gasteiger partial charge in [-0.25, -0.2) is 8.42 Å².